The highest BCUT2D eigenvalue weighted by Crippen LogP contribution is 2.41. The standard InChI is InChI=1S/C34H35FN2O4/c1-22(2)37-28(20-38)29(26-15-17-27(35)18-16-26)30(25-9-7-6-8-10-25)31(37)32(39)36-19-23-11-13-24(14-12-23)21-41-33(40)34(3,4)5/h6-18,20,22H,19,21H2,1-5H3,(H,36,39). The molecule has 0 unspecified atom stereocenters. The zero-order valence-corrected chi connectivity index (χ0v) is 24.0. The van der Waals surface area contributed by atoms with Gasteiger partial charge in [-0.05, 0) is 69.0 Å². The average molecular weight is 555 g/mol. The van der Waals surface area contributed by atoms with Gasteiger partial charge in [-0.15, -0.1) is 0 Å². The lowest BCUT2D eigenvalue weighted by Gasteiger charge is -2.17. The first-order chi connectivity index (χ1) is 19.5. The lowest BCUT2D eigenvalue weighted by atomic mass is 9.94. The van der Waals surface area contributed by atoms with E-state index in [0.717, 1.165) is 23.0 Å². The number of ether oxygens (including phenoxy) is 1. The molecule has 6 nitrogen and oxygen atoms in total. The van der Waals surface area contributed by atoms with Crippen LogP contribution in [0, 0.1) is 11.2 Å². The molecule has 0 radical (unpaired) electrons. The molecule has 0 saturated carbocycles. The molecule has 0 aliphatic carbocycles. The molecule has 0 fully saturated rings. The van der Waals surface area contributed by atoms with Crippen molar-refractivity contribution < 1.29 is 23.5 Å². The number of amides is 1. The third kappa shape index (κ3) is 6.62. The van der Waals surface area contributed by atoms with Crippen molar-refractivity contribution in [2.24, 2.45) is 5.41 Å². The number of benzene rings is 3. The smallest absolute Gasteiger partial charge is 0.311 e. The summed E-state index contributed by atoms with van der Waals surface area (Å²) in [5.41, 5.74) is 4.46. The Hall–Kier alpha value is -4.52. The molecule has 212 valence electrons. The number of hydrogen-bond acceptors (Lipinski definition) is 4. The molecule has 0 bridgehead atoms. The Morgan fingerprint density at radius 3 is 2.02 bits per heavy atom. The summed E-state index contributed by atoms with van der Waals surface area (Å²) in [7, 11) is 0. The normalized spacial score (nSPS) is 11.4. The summed E-state index contributed by atoms with van der Waals surface area (Å²) >= 11 is 0. The van der Waals surface area contributed by atoms with Gasteiger partial charge in [-0.3, -0.25) is 14.4 Å². The molecule has 41 heavy (non-hydrogen) atoms. The maximum atomic E-state index is 13.9. The molecule has 1 amide bonds. The van der Waals surface area contributed by atoms with Gasteiger partial charge in [-0.25, -0.2) is 4.39 Å². The lowest BCUT2D eigenvalue weighted by Crippen LogP contribution is -2.27. The summed E-state index contributed by atoms with van der Waals surface area (Å²) in [6.07, 6.45) is 0.757. The van der Waals surface area contributed by atoms with Crippen LogP contribution in [0.25, 0.3) is 22.3 Å². The maximum Gasteiger partial charge on any atom is 0.311 e. The van der Waals surface area contributed by atoms with E-state index < -0.39 is 5.41 Å². The molecular formula is C34H35FN2O4. The number of rotatable bonds is 9. The lowest BCUT2D eigenvalue weighted by molar-refractivity contribution is -0.154. The summed E-state index contributed by atoms with van der Waals surface area (Å²) in [6.45, 7) is 9.67. The van der Waals surface area contributed by atoms with Crippen molar-refractivity contribution in [2.45, 2.75) is 53.8 Å². The third-order valence-electron chi connectivity index (χ3n) is 6.74. The van der Waals surface area contributed by atoms with Gasteiger partial charge in [0.15, 0.2) is 6.29 Å². The van der Waals surface area contributed by atoms with E-state index >= 15 is 0 Å². The second-order valence-corrected chi connectivity index (χ2v) is 11.3. The van der Waals surface area contributed by atoms with Gasteiger partial charge in [0.2, 0.25) is 0 Å². The van der Waals surface area contributed by atoms with Gasteiger partial charge < -0.3 is 14.6 Å². The Kier molecular flexibility index (Phi) is 8.86. The van der Waals surface area contributed by atoms with Crippen molar-refractivity contribution in [2.75, 3.05) is 0 Å². The Morgan fingerprint density at radius 1 is 0.878 bits per heavy atom. The van der Waals surface area contributed by atoms with Crippen LogP contribution >= 0.6 is 0 Å². The Bertz CT molecular complexity index is 1530. The fraction of sp³-hybridized carbons (Fsp3) is 0.265. The maximum absolute atomic E-state index is 13.9. The summed E-state index contributed by atoms with van der Waals surface area (Å²) in [5.74, 6) is -0.995. The van der Waals surface area contributed by atoms with Gasteiger partial charge in [0.25, 0.3) is 5.91 Å². The third-order valence-corrected chi connectivity index (χ3v) is 6.74. The fourth-order valence-corrected chi connectivity index (χ4v) is 4.66. The van der Waals surface area contributed by atoms with Crippen molar-refractivity contribution in [3.8, 4) is 22.3 Å². The van der Waals surface area contributed by atoms with Crippen molar-refractivity contribution >= 4 is 18.2 Å². The first-order valence-electron chi connectivity index (χ1n) is 13.6. The van der Waals surface area contributed by atoms with Gasteiger partial charge in [-0.1, -0.05) is 66.7 Å². The van der Waals surface area contributed by atoms with Gasteiger partial charge >= 0.3 is 5.97 Å². The minimum Gasteiger partial charge on any atom is -0.460 e. The number of nitrogens with zero attached hydrogens (tertiary/aromatic N) is 1. The molecule has 0 aliphatic rings. The van der Waals surface area contributed by atoms with Crippen molar-refractivity contribution in [3.05, 3.63) is 107 Å². The zero-order chi connectivity index (χ0) is 29.7. The molecule has 1 heterocycles. The van der Waals surface area contributed by atoms with Gasteiger partial charge in [-0.2, -0.15) is 0 Å². The van der Waals surface area contributed by atoms with Crippen LogP contribution in [-0.4, -0.2) is 22.7 Å². The second-order valence-electron chi connectivity index (χ2n) is 11.3. The van der Waals surface area contributed by atoms with Gasteiger partial charge in [0, 0.05) is 23.7 Å². The summed E-state index contributed by atoms with van der Waals surface area (Å²) in [5, 5.41) is 3.01. The highest BCUT2D eigenvalue weighted by molar-refractivity contribution is 6.08. The van der Waals surface area contributed by atoms with Gasteiger partial charge in [0.05, 0.1) is 11.1 Å². The van der Waals surface area contributed by atoms with Crippen LogP contribution in [0.15, 0.2) is 78.9 Å². The molecule has 0 aliphatic heterocycles. The van der Waals surface area contributed by atoms with E-state index in [2.05, 4.69) is 5.32 Å². The van der Waals surface area contributed by atoms with Crippen LogP contribution in [0.1, 0.15) is 72.8 Å². The van der Waals surface area contributed by atoms with Crippen LogP contribution < -0.4 is 5.32 Å². The predicted molar refractivity (Wildman–Crippen MR) is 158 cm³/mol. The minimum atomic E-state index is -0.573. The number of nitrogens with one attached hydrogen (secondary N) is 1. The highest BCUT2D eigenvalue weighted by Gasteiger charge is 2.30. The molecule has 0 atom stereocenters. The van der Waals surface area contributed by atoms with Gasteiger partial charge in [0.1, 0.15) is 18.1 Å². The molecule has 0 saturated heterocycles. The van der Waals surface area contributed by atoms with Crippen molar-refractivity contribution in [1.29, 1.82) is 0 Å². The topological polar surface area (TPSA) is 77.4 Å². The van der Waals surface area contributed by atoms with E-state index in [0.29, 0.717) is 28.1 Å². The Morgan fingerprint density at radius 2 is 1.46 bits per heavy atom. The second kappa shape index (κ2) is 12.3. The van der Waals surface area contributed by atoms with E-state index in [-0.39, 0.29) is 36.9 Å². The fourth-order valence-electron chi connectivity index (χ4n) is 4.66. The molecule has 3 aromatic carbocycles. The first kappa shape index (κ1) is 29.5. The molecule has 4 rings (SSSR count). The molecular weight excluding hydrogens is 519 g/mol. The number of hydrogen-bond donors (Lipinski definition) is 1. The van der Waals surface area contributed by atoms with Crippen molar-refractivity contribution in [3.63, 3.8) is 0 Å². The van der Waals surface area contributed by atoms with E-state index in [1.54, 1.807) is 37.5 Å². The van der Waals surface area contributed by atoms with Crippen LogP contribution in [0.4, 0.5) is 4.39 Å². The van der Waals surface area contributed by atoms with Crippen LogP contribution in [0.5, 0.6) is 0 Å². The van der Waals surface area contributed by atoms with Crippen LogP contribution in [-0.2, 0) is 22.7 Å². The minimum absolute atomic E-state index is 0.172. The first-order valence-corrected chi connectivity index (χ1v) is 13.6. The molecule has 7 heteroatoms. The van der Waals surface area contributed by atoms with E-state index in [1.807, 2.05) is 68.4 Å². The monoisotopic (exact) mass is 554 g/mol. The number of halogens is 1. The van der Waals surface area contributed by atoms with E-state index in [9.17, 15) is 18.8 Å². The van der Waals surface area contributed by atoms with Crippen molar-refractivity contribution in [1.82, 2.24) is 9.88 Å². The molecule has 4 aromatic rings. The van der Waals surface area contributed by atoms with E-state index in [4.69, 9.17) is 4.74 Å². The Balaban J connectivity index is 1.68. The summed E-state index contributed by atoms with van der Waals surface area (Å²) < 4.78 is 20.9. The average Bonchev–Trinajstić information content (AvgIpc) is 3.31. The number of carbonyl (C=O) groups excluding carboxylic acids is 3. The summed E-state index contributed by atoms with van der Waals surface area (Å²) in [6, 6.07) is 22.6. The van der Waals surface area contributed by atoms with Crippen LogP contribution in [0.3, 0.4) is 0 Å². The largest absolute Gasteiger partial charge is 0.460 e. The number of esters is 1. The number of aromatic nitrogens is 1. The zero-order valence-electron chi connectivity index (χ0n) is 24.0. The summed E-state index contributed by atoms with van der Waals surface area (Å²) in [4.78, 5) is 38.5. The van der Waals surface area contributed by atoms with Crippen LogP contribution in [0.2, 0.25) is 0 Å². The number of aldehydes is 1. The highest BCUT2D eigenvalue weighted by atomic mass is 19.1. The number of carbonyl (C=O) groups is 3. The predicted octanol–water partition coefficient (Wildman–Crippen LogP) is 7.37. The SMILES string of the molecule is CC(C)n1c(C=O)c(-c2ccc(F)cc2)c(-c2ccccc2)c1C(=O)NCc1ccc(COC(=O)C(C)(C)C)cc1. The molecule has 1 N–H and O–H groups in total. The Labute approximate surface area is 240 Å². The quantitative estimate of drug-likeness (QED) is 0.173. The van der Waals surface area contributed by atoms with E-state index in [1.165, 1.54) is 12.1 Å². The molecule has 1 aromatic heterocycles. The molecule has 0 spiro atoms.